The first-order valence-electron chi connectivity index (χ1n) is 8.40. The highest BCUT2D eigenvalue weighted by Crippen LogP contribution is 2.25. The maximum Gasteiger partial charge on any atom is 0.307 e. The number of hydrogen-bond acceptors (Lipinski definition) is 5. The topological polar surface area (TPSA) is 110 Å². The van der Waals surface area contributed by atoms with Crippen LogP contribution in [0.5, 0.6) is 11.5 Å². The second-order valence-corrected chi connectivity index (χ2v) is 7.13. The Hall–Kier alpha value is -2.57. The minimum Gasteiger partial charge on any atom is -0.508 e. The molecule has 0 saturated carbocycles. The summed E-state index contributed by atoms with van der Waals surface area (Å²) in [7, 11) is 0. The number of phenols is 2. The highest BCUT2D eigenvalue weighted by Gasteiger charge is 2.20. The number of benzene rings is 2. The fraction of sp³-hybridized carbons (Fsp3) is 0.350. The van der Waals surface area contributed by atoms with E-state index in [0.29, 0.717) is 12.0 Å². The predicted molar refractivity (Wildman–Crippen MR) is 98.3 cm³/mol. The summed E-state index contributed by atoms with van der Waals surface area (Å²) in [5, 5.41) is 41.5. The molecule has 0 spiro atoms. The molecule has 1 unspecified atom stereocenters. The number of carbonyl (C=O) groups is 1. The van der Waals surface area contributed by atoms with Crippen molar-refractivity contribution in [3.05, 3.63) is 59.2 Å². The summed E-state index contributed by atoms with van der Waals surface area (Å²) in [5.41, 5.74) is 1.84. The van der Waals surface area contributed by atoms with Crippen LogP contribution < -0.4 is 5.32 Å². The Morgan fingerprint density at radius 3 is 2.31 bits per heavy atom. The highest BCUT2D eigenvalue weighted by atomic mass is 16.4. The predicted octanol–water partition coefficient (Wildman–Crippen LogP) is 2.37. The van der Waals surface area contributed by atoms with E-state index in [-0.39, 0.29) is 30.0 Å². The molecule has 2 rings (SSSR count). The van der Waals surface area contributed by atoms with Crippen LogP contribution >= 0.6 is 0 Å². The van der Waals surface area contributed by atoms with Crippen molar-refractivity contribution >= 4 is 5.97 Å². The van der Waals surface area contributed by atoms with E-state index in [2.05, 4.69) is 5.32 Å². The monoisotopic (exact) mass is 359 g/mol. The number of nitrogens with one attached hydrogen (secondary N) is 1. The van der Waals surface area contributed by atoms with E-state index in [1.54, 1.807) is 6.07 Å². The Bertz CT molecular complexity index is 752. The Labute approximate surface area is 152 Å². The second-order valence-electron chi connectivity index (χ2n) is 7.13. The quantitative estimate of drug-likeness (QED) is 0.495. The SMILES string of the molecule is CC(C)(Cc1cccc(CC(=O)O)c1)NCC(O)c1cc(O)cc(O)c1. The van der Waals surface area contributed by atoms with E-state index in [9.17, 15) is 20.1 Å². The first-order chi connectivity index (χ1) is 12.1. The Kier molecular flexibility index (Phi) is 6.23. The molecule has 0 aliphatic carbocycles. The van der Waals surface area contributed by atoms with Crippen molar-refractivity contribution in [3.8, 4) is 11.5 Å². The molecule has 140 valence electrons. The molecule has 2 aromatic carbocycles. The Morgan fingerprint density at radius 2 is 1.69 bits per heavy atom. The van der Waals surface area contributed by atoms with Gasteiger partial charge in [0.15, 0.2) is 0 Å². The van der Waals surface area contributed by atoms with Gasteiger partial charge >= 0.3 is 5.97 Å². The number of carboxylic acid groups (broad SMARTS) is 1. The molecule has 5 N–H and O–H groups in total. The van der Waals surface area contributed by atoms with E-state index >= 15 is 0 Å². The summed E-state index contributed by atoms with van der Waals surface area (Å²) in [6.07, 6.45) is -0.245. The molecular weight excluding hydrogens is 334 g/mol. The zero-order valence-corrected chi connectivity index (χ0v) is 14.9. The van der Waals surface area contributed by atoms with Crippen molar-refractivity contribution in [1.82, 2.24) is 5.32 Å². The van der Waals surface area contributed by atoms with Crippen molar-refractivity contribution in [2.24, 2.45) is 0 Å². The van der Waals surface area contributed by atoms with Crippen LogP contribution in [0, 0.1) is 0 Å². The van der Waals surface area contributed by atoms with Crippen molar-refractivity contribution < 1.29 is 25.2 Å². The van der Waals surface area contributed by atoms with Gasteiger partial charge in [0.05, 0.1) is 12.5 Å². The Balaban J connectivity index is 1.98. The molecular formula is C20H25NO5. The van der Waals surface area contributed by atoms with E-state index in [4.69, 9.17) is 5.11 Å². The largest absolute Gasteiger partial charge is 0.508 e. The fourth-order valence-electron chi connectivity index (χ4n) is 2.90. The fourth-order valence-corrected chi connectivity index (χ4v) is 2.90. The molecule has 6 heteroatoms. The van der Waals surface area contributed by atoms with Crippen LogP contribution in [0.2, 0.25) is 0 Å². The van der Waals surface area contributed by atoms with Crippen LogP contribution in [0.4, 0.5) is 0 Å². The minimum atomic E-state index is -0.884. The number of rotatable bonds is 8. The van der Waals surface area contributed by atoms with Gasteiger partial charge in [-0.3, -0.25) is 4.79 Å². The summed E-state index contributed by atoms with van der Waals surface area (Å²) in [6, 6.07) is 11.5. The van der Waals surface area contributed by atoms with Crippen LogP contribution in [0.1, 0.15) is 36.6 Å². The minimum absolute atomic E-state index is 0.0125. The molecule has 26 heavy (non-hydrogen) atoms. The standard InChI is InChI=1S/C20H25NO5/c1-20(2,11-14-5-3-4-13(6-14)7-19(25)26)21-12-18(24)15-8-16(22)10-17(23)9-15/h3-6,8-10,18,21-24H,7,11-12H2,1-2H3,(H,25,26). The summed E-state index contributed by atoms with van der Waals surface area (Å²) < 4.78 is 0. The number of aliphatic hydroxyl groups is 1. The van der Waals surface area contributed by atoms with Gasteiger partial charge in [-0.15, -0.1) is 0 Å². The molecule has 0 heterocycles. The van der Waals surface area contributed by atoms with E-state index in [1.807, 2.05) is 32.0 Å². The molecule has 0 aromatic heterocycles. The molecule has 0 aliphatic rings. The van der Waals surface area contributed by atoms with Gasteiger partial charge in [-0.05, 0) is 49.1 Å². The lowest BCUT2D eigenvalue weighted by Gasteiger charge is -2.28. The molecule has 2 aromatic rings. The smallest absolute Gasteiger partial charge is 0.307 e. The van der Waals surface area contributed by atoms with Crippen LogP contribution in [-0.4, -0.2) is 38.5 Å². The van der Waals surface area contributed by atoms with Crippen LogP contribution in [-0.2, 0) is 17.6 Å². The molecule has 0 amide bonds. The van der Waals surface area contributed by atoms with Gasteiger partial charge in [0.1, 0.15) is 11.5 Å². The third-order valence-electron chi connectivity index (χ3n) is 4.08. The molecule has 6 nitrogen and oxygen atoms in total. The van der Waals surface area contributed by atoms with Crippen molar-refractivity contribution in [2.45, 2.75) is 38.3 Å². The average molecular weight is 359 g/mol. The summed E-state index contributed by atoms with van der Waals surface area (Å²) in [5.74, 6) is -1.07. The van der Waals surface area contributed by atoms with Gasteiger partial charge < -0.3 is 25.7 Å². The third-order valence-corrected chi connectivity index (χ3v) is 4.08. The van der Waals surface area contributed by atoms with Gasteiger partial charge in [-0.1, -0.05) is 24.3 Å². The molecule has 0 fully saturated rings. The van der Waals surface area contributed by atoms with E-state index in [1.165, 1.54) is 18.2 Å². The zero-order chi connectivity index (χ0) is 19.3. The second kappa shape index (κ2) is 8.21. The van der Waals surface area contributed by atoms with Crippen molar-refractivity contribution in [1.29, 1.82) is 0 Å². The number of phenolic OH excluding ortho intramolecular Hbond substituents is 2. The summed E-state index contributed by atoms with van der Waals surface area (Å²) >= 11 is 0. The zero-order valence-electron chi connectivity index (χ0n) is 14.9. The Morgan fingerprint density at radius 1 is 1.08 bits per heavy atom. The van der Waals surface area contributed by atoms with Crippen molar-refractivity contribution in [3.63, 3.8) is 0 Å². The number of hydrogen-bond donors (Lipinski definition) is 5. The molecule has 1 atom stereocenters. The number of aliphatic carboxylic acids is 1. The molecule has 0 saturated heterocycles. The maximum atomic E-state index is 10.8. The van der Waals surface area contributed by atoms with E-state index in [0.717, 1.165) is 11.1 Å². The first-order valence-corrected chi connectivity index (χ1v) is 8.40. The number of aromatic hydroxyl groups is 2. The normalized spacial score (nSPS) is 12.7. The number of β-amino-alcohol motifs (C(OH)–C–C–N with tert-alkyl or cyclic N) is 1. The highest BCUT2D eigenvalue weighted by molar-refractivity contribution is 5.70. The van der Waals surface area contributed by atoms with Gasteiger partial charge in [0.2, 0.25) is 0 Å². The lowest BCUT2D eigenvalue weighted by Crippen LogP contribution is -2.43. The maximum absolute atomic E-state index is 10.8. The molecule has 0 aliphatic heterocycles. The summed E-state index contributed by atoms with van der Waals surface area (Å²) in [4.78, 5) is 10.8. The third kappa shape index (κ3) is 6.06. The lowest BCUT2D eigenvalue weighted by atomic mass is 9.93. The van der Waals surface area contributed by atoms with Crippen LogP contribution in [0.3, 0.4) is 0 Å². The molecule has 0 bridgehead atoms. The average Bonchev–Trinajstić information content (AvgIpc) is 2.51. The van der Waals surface area contributed by atoms with Gasteiger partial charge in [0.25, 0.3) is 0 Å². The van der Waals surface area contributed by atoms with Gasteiger partial charge in [0, 0.05) is 18.2 Å². The first kappa shape index (κ1) is 19.8. The number of aliphatic hydroxyl groups excluding tert-OH is 1. The van der Waals surface area contributed by atoms with E-state index < -0.39 is 12.1 Å². The number of carboxylic acids is 1. The molecule has 0 radical (unpaired) electrons. The van der Waals surface area contributed by atoms with Gasteiger partial charge in [-0.2, -0.15) is 0 Å². The van der Waals surface area contributed by atoms with Crippen LogP contribution in [0.15, 0.2) is 42.5 Å². The summed E-state index contributed by atoms with van der Waals surface area (Å²) in [6.45, 7) is 4.22. The van der Waals surface area contributed by atoms with Crippen LogP contribution in [0.25, 0.3) is 0 Å². The van der Waals surface area contributed by atoms with Gasteiger partial charge in [-0.25, -0.2) is 0 Å². The lowest BCUT2D eigenvalue weighted by molar-refractivity contribution is -0.136. The van der Waals surface area contributed by atoms with Crippen molar-refractivity contribution in [2.75, 3.05) is 6.54 Å².